The number of nitrogens with zero attached hydrogens (tertiary/aromatic N) is 2. The molecule has 0 heterocycles. The Kier molecular flexibility index (Phi) is 4.52. The Morgan fingerprint density at radius 2 is 1.67 bits per heavy atom. The summed E-state index contributed by atoms with van der Waals surface area (Å²) in [6.45, 7) is 4.85. The molecule has 0 saturated heterocycles. The van der Waals surface area contributed by atoms with E-state index in [1.165, 1.54) is 0 Å². The van der Waals surface area contributed by atoms with Crippen LogP contribution in [0.4, 0.5) is 11.4 Å². The third-order valence-electron chi connectivity index (χ3n) is 2.85. The van der Waals surface area contributed by atoms with Gasteiger partial charge in [0.2, 0.25) is 0 Å². The molecular weight excluding hydrogens is 280 g/mol. The summed E-state index contributed by atoms with van der Waals surface area (Å²) in [5.41, 5.74) is -2.18. The van der Waals surface area contributed by atoms with Gasteiger partial charge in [-0.2, -0.15) is 0 Å². The lowest BCUT2D eigenvalue weighted by Crippen LogP contribution is -2.23. The first kappa shape index (κ1) is 16.4. The molecule has 0 aliphatic heterocycles. The van der Waals surface area contributed by atoms with Gasteiger partial charge in [0.25, 0.3) is 11.4 Å². The first-order chi connectivity index (χ1) is 9.54. The molecule has 0 amide bonds. The molecule has 0 spiro atoms. The largest absolute Gasteiger partial charge is 0.299 e. The van der Waals surface area contributed by atoms with E-state index in [4.69, 9.17) is 0 Å². The predicted octanol–water partition coefficient (Wildman–Crippen LogP) is 2.69. The Labute approximate surface area is 120 Å². The summed E-state index contributed by atoms with van der Waals surface area (Å²) in [6, 6.07) is 2.67. The Morgan fingerprint density at radius 3 is 2.10 bits per heavy atom. The molecule has 8 nitrogen and oxygen atoms in total. The molecule has 0 unspecified atom stereocenters. The second-order valence-electron chi connectivity index (χ2n) is 5.49. The Hall–Kier alpha value is -2.64. The molecule has 1 rings (SSSR count). The lowest BCUT2D eigenvalue weighted by Gasteiger charge is -2.15. The standard InChI is InChI=1S/C13H14N2O6/c1-13(2,3)12(17)7-11(16)9-6-8(14(18)19)4-5-10(9)15(20)21/h4-6H,7H2,1-3H3. The topological polar surface area (TPSA) is 120 Å². The van der Waals surface area contributed by atoms with Crippen LogP contribution in [-0.4, -0.2) is 21.4 Å². The predicted molar refractivity (Wildman–Crippen MR) is 73.2 cm³/mol. The summed E-state index contributed by atoms with van der Waals surface area (Å²) in [6.07, 6.45) is -0.536. The number of carbonyl (C=O) groups is 2. The van der Waals surface area contributed by atoms with Crippen LogP contribution in [0.3, 0.4) is 0 Å². The number of hydrogen-bond donors (Lipinski definition) is 0. The van der Waals surface area contributed by atoms with Crippen LogP contribution >= 0.6 is 0 Å². The van der Waals surface area contributed by atoms with Gasteiger partial charge in [0, 0.05) is 23.6 Å². The van der Waals surface area contributed by atoms with E-state index in [2.05, 4.69) is 0 Å². The maximum atomic E-state index is 12.1. The van der Waals surface area contributed by atoms with Gasteiger partial charge in [0.15, 0.2) is 5.78 Å². The lowest BCUT2D eigenvalue weighted by molar-refractivity contribution is -0.389. The molecule has 0 aliphatic carbocycles. The summed E-state index contributed by atoms with van der Waals surface area (Å²) in [5, 5.41) is 21.6. The quantitative estimate of drug-likeness (QED) is 0.356. The van der Waals surface area contributed by atoms with Crippen molar-refractivity contribution in [2.45, 2.75) is 27.2 Å². The fraction of sp³-hybridized carbons (Fsp3) is 0.385. The maximum Gasteiger partial charge on any atom is 0.280 e. The van der Waals surface area contributed by atoms with Gasteiger partial charge in [-0.05, 0) is 0 Å². The first-order valence-corrected chi connectivity index (χ1v) is 6.03. The zero-order chi connectivity index (χ0) is 16.4. The maximum absolute atomic E-state index is 12.1. The normalized spacial score (nSPS) is 11.0. The van der Waals surface area contributed by atoms with Crippen molar-refractivity contribution in [1.82, 2.24) is 0 Å². The summed E-state index contributed by atoms with van der Waals surface area (Å²) >= 11 is 0. The van der Waals surface area contributed by atoms with Crippen LogP contribution < -0.4 is 0 Å². The molecule has 1 aromatic carbocycles. The molecule has 21 heavy (non-hydrogen) atoms. The zero-order valence-electron chi connectivity index (χ0n) is 11.8. The van der Waals surface area contributed by atoms with Gasteiger partial charge in [-0.15, -0.1) is 0 Å². The molecular formula is C13H14N2O6. The highest BCUT2D eigenvalue weighted by Crippen LogP contribution is 2.26. The highest BCUT2D eigenvalue weighted by Gasteiger charge is 2.29. The molecule has 0 N–H and O–H groups in total. The average Bonchev–Trinajstić information content (AvgIpc) is 2.36. The third kappa shape index (κ3) is 3.91. The van der Waals surface area contributed by atoms with E-state index >= 15 is 0 Å². The third-order valence-corrected chi connectivity index (χ3v) is 2.85. The van der Waals surface area contributed by atoms with Crippen molar-refractivity contribution in [3.05, 3.63) is 44.0 Å². The van der Waals surface area contributed by atoms with E-state index in [9.17, 15) is 29.8 Å². The molecule has 1 aromatic rings. The summed E-state index contributed by atoms with van der Waals surface area (Å²) in [5.74, 6) is -1.20. The van der Waals surface area contributed by atoms with Crippen molar-refractivity contribution >= 4 is 22.9 Å². The minimum Gasteiger partial charge on any atom is -0.299 e. The van der Waals surface area contributed by atoms with Crippen LogP contribution in [-0.2, 0) is 4.79 Å². The number of carbonyl (C=O) groups excluding carboxylic acids is 2. The second-order valence-corrected chi connectivity index (χ2v) is 5.49. The van der Waals surface area contributed by atoms with Gasteiger partial charge in [-0.3, -0.25) is 29.8 Å². The number of nitro benzene ring substituents is 2. The van der Waals surface area contributed by atoms with Crippen molar-refractivity contribution in [2.75, 3.05) is 0 Å². The highest BCUT2D eigenvalue weighted by molar-refractivity contribution is 6.11. The number of rotatable bonds is 5. The van der Waals surface area contributed by atoms with E-state index < -0.39 is 50.2 Å². The number of non-ortho nitro benzene ring substituents is 1. The fourth-order valence-corrected chi connectivity index (χ4v) is 1.53. The van der Waals surface area contributed by atoms with Crippen LogP contribution in [0, 0.1) is 25.6 Å². The van der Waals surface area contributed by atoms with Crippen LogP contribution in [0.25, 0.3) is 0 Å². The SMILES string of the molecule is CC(C)(C)C(=O)CC(=O)c1cc([N+](=O)[O-])ccc1[N+](=O)[O-]. The van der Waals surface area contributed by atoms with E-state index in [0.717, 1.165) is 18.2 Å². The highest BCUT2D eigenvalue weighted by atomic mass is 16.6. The summed E-state index contributed by atoms with van der Waals surface area (Å²) in [4.78, 5) is 43.9. The van der Waals surface area contributed by atoms with Crippen LogP contribution in [0.15, 0.2) is 18.2 Å². The average molecular weight is 294 g/mol. The van der Waals surface area contributed by atoms with Crippen molar-refractivity contribution in [3.63, 3.8) is 0 Å². The van der Waals surface area contributed by atoms with Gasteiger partial charge in [0.1, 0.15) is 11.3 Å². The van der Waals surface area contributed by atoms with E-state index in [-0.39, 0.29) is 0 Å². The molecule has 0 saturated carbocycles. The lowest BCUT2D eigenvalue weighted by atomic mass is 9.87. The van der Waals surface area contributed by atoms with Gasteiger partial charge in [0.05, 0.1) is 16.3 Å². The van der Waals surface area contributed by atoms with Gasteiger partial charge >= 0.3 is 0 Å². The zero-order valence-corrected chi connectivity index (χ0v) is 11.8. The molecule has 0 fully saturated rings. The number of benzene rings is 1. The molecule has 0 radical (unpaired) electrons. The molecule has 112 valence electrons. The van der Waals surface area contributed by atoms with Crippen molar-refractivity contribution < 1.29 is 19.4 Å². The Balaban J connectivity index is 3.23. The molecule has 0 aliphatic rings. The van der Waals surface area contributed by atoms with Gasteiger partial charge < -0.3 is 0 Å². The van der Waals surface area contributed by atoms with Crippen LogP contribution in [0.1, 0.15) is 37.6 Å². The molecule has 0 bridgehead atoms. The van der Waals surface area contributed by atoms with Gasteiger partial charge in [-0.25, -0.2) is 0 Å². The number of Topliss-reactive ketones (excluding diaryl/α,β-unsaturated/α-hetero) is 2. The molecule has 0 aromatic heterocycles. The number of hydrogen-bond acceptors (Lipinski definition) is 6. The van der Waals surface area contributed by atoms with E-state index in [1.54, 1.807) is 20.8 Å². The minimum absolute atomic E-state index is 0.395. The fourth-order valence-electron chi connectivity index (χ4n) is 1.53. The second kappa shape index (κ2) is 5.78. The van der Waals surface area contributed by atoms with E-state index in [1.807, 2.05) is 0 Å². The minimum atomic E-state index is -0.807. The van der Waals surface area contributed by atoms with Crippen LogP contribution in [0.5, 0.6) is 0 Å². The smallest absolute Gasteiger partial charge is 0.280 e. The van der Waals surface area contributed by atoms with Crippen molar-refractivity contribution in [3.8, 4) is 0 Å². The van der Waals surface area contributed by atoms with E-state index in [0.29, 0.717) is 0 Å². The first-order valence-electron chi connectivity index (χ1n) is 6.03. The Morgan fingerprint density at radius 1 is 1.10 bits per heavy atom. The monoisotopic (exact) mass is 294 g/mol. The number of nitro groups is 2. The molecule has 8 heteroatoms. The summed E-state index contributed by atoms with van der Waals surface area (Å²) in [7, 11) is 0. The summed E-state index contributed by atoms with van der Waals surface area (Å²) < 4.78 is 0. The Bertz CT molecular complexity index is 630. The van der Waals surface area contributed by atoms with Crippen molar-refractivity contribution in [2.24, 2.45) is 5.41 Å². The van der Waals surface area contributed by atoms with Crippen LogP contribution in [0.2, 0.25) is 0 Å². The van der Waals surface area contributed by atoms with Gasteiger partial charge in [-0.1, -0.05) is 20.8 Å². The van der Waals surface area contributed by atoms with Crippen molar-refractivity contribution in [1.29, 1.82) is 0 Å². The number of ketones is 2. The molecule has 0 atom stereocenters.